The predicted molar refractivity (Wildman–Crippen MR) is 81.4 cm³/mol. The van der Waals surface area contributed by atoms with Crippen LogP contribution < -0.4 is 11.1 Å². The number of nitrogens with two attached hydrogens (primary N) is 1. The second-order valence-corrected chi connectivity index (χ2v) is 8.14. The zero-order valence-corrected chi connectivity index (χ0v) is 13.6. The fraction of sp³-hybridized carbons (Fsp3) is 0.929. The van der Waals surface area contributed by atoms with Gasteiger partial charge in [-0.1, -0.05) is 13.8 Å². The van der Waals surface area contributed by atoms with Crippen molar-refractivity contribution >= 4 is 17.9 Å². The largest absolute Gasteiger partial charge is 0.444 e. The van der Waals surface area contributed by atoms with E-state index in [-0.39, 0.29) is 17.6 Å². The van der Waals surface area contributed by atoms with E-state index in [2.05, 4.69) is 19.2 Å². The Kier molecular flexibility index (Phi) is 5.56. The number of rotatable bonds is 4. The van der Waals surface area contributed by atoms with Crippen molar-refractivity contribution in [1.82, 2.24) is 5.32 Å². The van der Waals surface area contributed by atoms with Crippen molar-refractivity contribution in [2.75, 3.05) is 18.1 Å². The summed E-state index contributed by atoms with van der Waals surface area (Å²) in [6.07, 6.45) is 0.815. The van der Waals surface area contributed by atoms with Crippen LogP contribution in [0.1, 0.15) is 41.0 Å². The van der Waals surface area contributed by atoms with E-state index in [1.807, 2.05) is 32.5 Å². The number of ether oxygens (including phenoxy) is 1. The molecule has 0 aromatic heterocycles. The average molecular weight is 288 g/mol. The highest BCUT2D eigenvalue weighted by Gasteiger charge is 2.35. The lowest BCUT2D eigenvalue weighted by molar-refractivity contribution is 0.0495. The molecule has 0 radical (unpaired) electrons. The third-order valence-corrected chi connectivity index (χ3v) is 4.65. The van der Waals surface area contributed by atoms with E-state index in [9.17, 15) is 4.79 Å². The highest BCUT2D eigenvalue weighted by atomic mass is 32.2. The number of hydrogen-bond donors (Lipinski definition) is 2. The summed E-state index contributed by atoms with van der Waals surface area (Å²) < 4.78 is 5.24. The van der Waals surface area contributed by atoms with Crippen LogP contribution in [0.15, 0.2) is 0 Å². The van der Waals surface area contributed by atoms with Gasteiger partial charge in [-0.15, -0.1) is 0 Å². The maximum Gasteiger partial charge on any atom is 0.407 e. The zero-order chi connectivity index (χ0) is 14.7. The fourth-order valence-corrected chi connectivity index (χ4v) is 3.52. The number of hydrogen-bond acceptors (Lipinski definition) is 4. The van der Waals surface area contributed by atoms with Gasteiger partial charge in [0.15, 0.2) is 0 Å². The van der Waals surface area contributed by atoms with Gasteiger partial charge in [-0.05, 0) is 50.0 Å². The van der Waals surface area contributed by atoms with Gasteiger partial charge in [-0.25, -0.2) is 4.79 Å². The number of amides is 1. The summed E-state index contributed by atoms with van der Waals surface area (Å²) in [7, 11) is 0. The summed E-state index contributed by atoms with van der Waals surface area (Å²) in [4.78, 5) is 11.7. The molecule has 0 spiro atoms. The topological polar surface area (TPSA) is 64.3 Å². The maximum absolute atomic E-state index is 11.7. The van der Waals surface area contributed by atoms with Crippen molar-refractivity contribution in [3.63, 3.8) is 0 Å². The molecule has 112 valence electrons. The molecular formula is C14H28N2O2S. The van der Waals surface area contributed by atoms with Crippen LogP contribution in [-0.4, -0.2) is 35.8 Å². The summed E-state index contributed by atoms with van der Waals surface area (Å²) in [6, 6.07) is 0.109. The molecule has 0 aromatic rings. The van der Waals surface area contributed by atoms with Gasteiger partial charge in [-0.2, -0.15) is 11.8 Å². The molecular weight excluding hydrogens is 260 g/mol. The third kappa shape index (κ3) is 5.61. The van der Waals surface area contributed by atoms with Crippen LogP contribution in [0.3, 0.4) is 0 Å². The molecule has 1 aliphatic rings. The first kappa shape index (κ1) is 16.6. The average Bonchev–Trinajstić information content (AvgIpc) is 2.76. The number of nitrogens with one attached hydrogen (secondary N) is 1. The minimum absolute atomic E-state index is 0.109. The van der Waals surface area contributed by atoms with E-state index in [4.69, 9.17) is 10.5 Å². The number of alkyl carbamates (subject to hydrolysis) is 1. The molecule has 4 nitrogen and oxygen atoms in total. The molecule has 1 aliphatic heterocycles. The van der Waals surface area contributed by atoms with Crippen molar-refractivity contribution in [2.45, 2.75) is 52.7 Å². The van der Waals surface area contributed by atoms with Crippen molar-refractivity contribution in [3.05, 3.63) is 0 Å². The first-order chi connectivity index (χ1) is 8.62. The molecule has 19 heavy (non-hydrogen) atoms. The molecule has 1 fully saturated rings. The standard InChI is InChI=1S/C14H28N2O2S/c1-13(2,3)18-12(17)16-9-14(4,5)11(15)10-6-7-19-8-10/h10-11H,6-9,15H2,1-5H3,(H,16,17). The molecule has 3 N–H and O–H groups in total. The second kappa shape index (κ2) is 6.35. The Hall–Kier alpha value is -0.420. The van der Waals surface area contributed by atoms with Gasteiger partial charge in [-0.3, -0.25) is 0 Å². The van der Waals surface area contributed by atoms with Crippen LogP contribution in [0.25, 0.3) is 0 Å². The molecule has 0 saturated carbocycles. The Morgan fingerprint density at radius 2 is 2.05 bits per heavy atom. The van der Waals surface area contributed by atoms with Crippen molar-refractivity contribution < 1.29 is 9.53 Å². The van der Waals surface area contributed by atoms with E-state index in [1.165, 1.54) is 12.2 Å². The molecule has 0 bridgehead atoms. The summed E-state index contributed by atoms with van der Waals surface area (Å²) in [5.74, 6) is 2.89. The lowest BCUT2D eigenvalue weighted by Crippen LogP contribution is -2.50. The maximum atomic E-state index is 11.7. The van der Waals surface area contributed by atoms with Crippen LogP contribution in [0.5, 0.6) is 0 Å². The summed E-state index contributed by atoms with van der Waals surface area (Å²) in [5.41, 5.74) is 5.79. The first-order valence-electron chi connectivity index (χ1n) is 6.92. The van der Waals surface area contributed by atoms with Gasteiger partial charge in [0.05, 0.1) is 0 Å². The van der Waals surface area contributed by atoms with Crippen molar-refractivity contribution in [3.8, 4) is 0 Å². The summed E-state index contributed by atoms with van der Waals surface area (Å²) >= 11 is 1.97. The Morgan fingerprint density at radius 3 is 2.53 bits per heavy atom. The normalized spacial score (nSPS) is 22.1. The minimum atomic E-state index is -0.460. The molecule has 2 atom stereocenters. The number of carbonyl (C=O) groups is 1. The van der Waals surface area contributed by atoms with E-state index >= 15 is 0 Å². The molecule has 1 amide bonds. The Bertz CT molecular complexity index is 307. The lowest BCUT2D eigenvalue weighted by Gasteiger charge is -2.35. The number of thioether (sulfide) groups is 1. The smallest absolute Gasteiger partial charge is 0.407 e. The molecule has 0 aromatic carbocycles. The Morgan fingerprint density at radius 1 is 1.42 bits per heavy atom. The highest BCUT2D eigenvalue weighted by molar-refractivity contribution is 7.99. The first-order valence-corrected chi connectivity index (χ1v) is 8.07. The molecule has 0 aliphatic carbocycles. The summed E-state index contributed by atoms with van der Waals surface area (Å²) in [5, 5.41) is 2.84. The molecule has 1 rings (SSSR count). The van der Waals surface area contributed by atoms with Crippen LogP contribution >= 0.6 is 11.8 Å². The van der Waals surface area contributed by atoms with Crippen molar-refractivity contribution in [1.29, 1.82) is 0 Å². The Labute approximate surface area is 121 Å². The third-order valence-electron chi connectivity index (χ3n) is 3.46. The van der Waals surface area contributed by atoms with Crippen LogP contribution in [0.2, 0.25) is 0 Å². The van der Waals surface area contributed by atoms with Gasteiger partial charge in [0, 0.05) is 12.6 Å². The van der Waals surface area contributed by atoms with E-state index in [1.54, 1.807) is 0 Å². The van der Waals surface area contributed by atoms with Gasteiger partial charge < -0.3 is 15.8 Å². The fourth-order valence-electron chi connectivity index (χ4n) is 2.21. The zero-order valence-electron chi connectivity index (χ0n) is 12.8. The predicted octanol–water partition coefficient (Wildman–Crippen LogP) is 2.62. The highest BCUT2D eigenvalue weighted by Crippen LogP contribution is 2.33. The quantitative estimate of drug-likeness (QED) is 0.834. The second-order valence-electron chi connectivity index (χ2n) is 6.99. The monoisotopic (exact) mass is 288 g/mol. The lowest BCUT2D eigenvalue weighted by atomic mass is 9.77. The molecule has 5 heteroatoms. The van der Waals surface area contributed by atoms with E-state index in [0.717, 1.165) is 5.75 Å². The number of carbonyl (C=O) groups excluding carboxylic acids is 1. The Balaban J connectivity index is 2.43. The van der Waals surface area contributed by atoms with Gasteiger partial charge >= 0.3 is 6.09 Å². The van der Waals surface area contributed by atoms with Crippen LogP contribution in [0.4, 0.5) is 4.79 Å². The summed E-state index contributed by atoms with van der Waals surface area (Å²) in [6.45, 7) is 10.3. The van der Waals surface area contributed by atoms with E-state index in [0.29, 0.717) is 12.5 Å². The minimum Gasteiger partial charge on any atom is -0.444 e. The van der Waals surface area contributed by atoms with Gasteiger partial charge in [0.1, 0.15) is 5.60 Å². The molecule has 2 unspecified atom stereocenters. The van der Waals surface area contributed by atoms with Crippen molar-refractivity contribution in [2.24, 2.45) is 17.1 Å². The van der Waals surface area contributed by atoms with Gasteiger partial charge in [0.2, 0.25) is 0 Å². The van der Waals surface area contributed by atoms with E-state index < -0.39 is 5.60 Å². The van der Waals surface area contributed by atoms with Crippen LogP contribution in [-0.2, 0) is 4.74 Å². The molecule has 1 saturated heterocycles. The molecule has 1 heterocycles. The van der Waals surface area contributed by atoms with Crippen LogP contribution in [0, 0.1) is 11.3 Å². The van der Waals surface area contributed by atoms with Gasteiger partial charge in [0.25, 0.3) is 0 Å². The SMILES string of the molecule is CC(C)(C)OC(=O)NCC(C)(C)C(N)C1CCSC1.